The number of aromatic amines is 1. The summed E-state index contributed by atoms with van der Waals surface area (Å²) in [4.78, 5) is 6.00. The lowest BCUT2D eigenvalue weighted by Gasteiger charge is -2.38. The predicted octanol–water partition coefficient (Wildman–Crippen LogP) is 4.00. The fourth-order valence-corrected chi connectivity index (χ4v) is 3.41. The summed E-state index contributed by atoms with van der Waals surface area (Å²) in [6.45, 7) is 9.20. The molecule has 2 atom stereocenters. The van der Waals surface area contributed by atoms with Crippen molar-refractivity contribution in [2.24, 2.45) is 5.92 Å². The highest BCUT2D eigenvalue weighted by Crippen LogP contribution is 2.35. The highest BCUT2D eigenvalue weighted by Gasteiger charge is 2.27. The van der Waals surface area contributed by atoms with Crippen LogP contribution in [0.15, 0.2) is 30.5 Å². The fourth-order valence-electron chi connectivity index (χ4n) is 3.41. The monoisotopic (exact) mass is 343 g/mol. The largest absolute Gasteiger partial charge is 0.361 e. The van der Waals surface area contributed by atoms with Gasteiger partial charge in [-0.1, -0.05) is 32.4 Å². The summed E-state index contributed by atoms with van der Waals surface area (Å²) < 4.78 is 0. The van der Waals surface area contributed by atoms with E-state index in [1.807, 2.05) is 0 Å². The zero-order chi connectivity index (χ0) is 13.9. The molecule has 0 bridgehead atoms. The Labute approximate surface area is 145 Å². The SMILES string of the molecule is CCC(C)[C@H](c1cccc2[nH]ccc12)N1CCNCC1.Cl.Cl. The highest BCUT2D eigenvalue weighted by molar-refractivity contribution is 5.85. The normalized spacial score (nSPS) is 18.3. The van der Waals surface area contributed by atoms with Crippen LogP contribution in [0.4, 0.5) is 0 Å². The first-order valence-electron chi connectivity index (χ1n) is 7.82. The van der Waals surface area contributed by atoms with E-state index in [4.69, 9.17) is 0 Å². The number of rotatable bonds is 4. The molecule has 2 aromatic rings. The Bertz CT molecular complexity index is 564. The summed E-state index contributed by atoms with van der Waals surface area (Å²) in [5.74, 6) is 0.675. The van der Waals surface area contributed by atoms with Crippen LogP contribution in [0.25, 0.3) is 10.9 Å². The molecule has 0 saturated carbocycles. The van der Waals surface area contributed by atoms with Crippen LogP contribution in [0.5, 0.6) is 0 Å². The topological polar surface area (TPSA) is 31.1 Å². The van der Waals surface area contributed by atoms with Gasteiger partial charge in [0.2, 0.25) is 0 Å². The molecule has 124 valence electrons. The first-order chi connectivity index (χ1) is 9.81. The number of benzene rings is 1. The molecule has 2 heterocycles. The van der Waals surface area contributed by atoms with Gasteiger partial charge >= 0.3 is 0 Å². The quantitative estimate of drug-likeness (QED) is 0.878. The van der Waals surface area contributed by atoms with Gasteiger partial charge in [-0.15, -0.1) is 24.8 Å². The third kappa shape index (κ3) is 3.77. The number of H-pyrrole nitrogens is 1. The molecular formula is C17H27Cl2N3. The van der Waals surface area contributed by atoms with E-state index in [2.05, 4.69) is 59.5 Å². The Kier molecular flexibility index (Phi) is 7.70. The van der Waals surface area contributed by atoms with Crippen LogP contribution in [0.3, 0.4) is 0 Å². The second-order valence-electron chi connectivity index (χ2n) is 5.90. The van der Waals surface area contributed by atoms with E-state index in [0.29, 0.717) is 12.0 Å². The molecule has 1 aromatic carbocycles. The third-order valence-electron chi connectivity index (χ3n) is 4.68. The molecule has 22 heavy (non-hydrogen) atoms. The zero-order valence-electron chi connectivity index (χ0n) is 13.3. The number of hydrogen-bond acceptors (Lipinski definition) is 2. The molecule has 0 radical (unpaired) electrons. The lowest BCUT2D eigenvalue weighted by Crippen LogP contribution is -2.46. The minimum atomic E-state index is 0. The molecular weight excluding hydrogens is 317 g/mol. The van der Waals surface area contributed by atoms with Crippen LogP contribution in [-0.2, 0) is 0 Å². The molecule has 1 aliphatic heterocycles. The van der Waals surface area contributed by atoms with Crippen molar-refractivity contribution in [2.75, 3.05) is 26.2 Å². The maximum atomic E-state index is 3.46. The summed E-state index contributed by atoms with van der Waals surface area (Å²) in [7, 11) is 0. The van der Waals surface area contributed by atoms with Gasteiger partial charge in [0, 0.05) is 49.3 Å². The number of piperazine rings is 1. The maximum absolute atomic E-state index is 3.46. The van der Waals surface area contributed by atoms with Crippen molar-refractivity contribution in [3.05, 3.63) is 36.0 Å². The van der Waals surface area contributed by atoms with Gasteiger partial charge < -0.3 is 10.3 Å². The van der Waals surface area contributed by atoms with Crippen molar-refractivity contribution in [3.8, 4) is 0 Å². The van der Waals surface area contributed by atoms with Gasteiger partial charge in [0.15, 0.2) is 0 Å². The second-order valence-corrected chi connectivity index (χ2v) is 5.90. The van der Waals surface area contributed by atoms with Gasteiger partial charge in [-0.3, -0.25) is 4.90 Å². The number of nitrogens with zero attached hydrogens (tertiary/aromatic N) is 1. The smallest absolute Gasteiger partial charge is 0.0457 e. The van der Waals surface area contributed by atoms with Crippen molar-refractivity contribution in [1.82, 2.24) is 15.2 Å². The van der Waals surface area contributed by atoms with E-state index < -0.39 is 0 Å². The molecule has 0 amide bonds. The van der Waals surface area contributed by atoms with Crippen LogP contribution >= 0.6 is 24.8 Å². The Morgan fingerprint density at radius 1 is 1.14 bits per heavy atom. The lowest BCUT2D eigenvalue weighted by molar-refractivity contribution is 0.129. The van der Waals surface area contributed by atoms with Crippen LogP contribution in [0, 0.1) is 5.92 Å². The molecule has 1 aromatic heterocycles. The van der Waals surface area contributed by atoms with Crippen molar-refractivity contribution < 1.29 is 0 Å². The average molecular weight is 344 g/mol. The fraction of sp³-hybridized carbons (Fsp3) is 0.529. The van der Waals surface area contributed by atoms with Crippen molar-refractivity contribution >= 4 is 35.7 Å². The van der Waals surface area contributed by atoms with E-state index in [1.165, 1.54) is 22.9 Å². The molecule has 1 unspecified atom stereocenters. The minimum Gasteiger partial charge on any atom is -0.361 e. The van der Waals surface area contributed by atoms with Crippen molar-refractivity contribution in [3.63, 3.8) is 0 Å². The Morgan fingerprint density at radius 3 is 2.55 bits per heavy atom. The number of hydrogen-bond donors (Lipinski definition) is 2. The summed E-state index contributed by atoms with van der Waals surface area (Å²) >= 11 is 0. The standard InChI is InChI=1S/C17H25N3.2ClH/c1-3-13(2)17(20-11-9-18-10-12-20)15-5-4-6-16-14(15)7-8-19-16;;/h4-8,13,17-19H,3,9-12H2,1-2H3;2*1H/t13?,17-;;/m1../s1. The van der Waals surface area contributed by atoms with E-state index >= 15 is 0 Å². The summed E-state index contributed by atoms with van der Waals surface area (Å²) in [5.41, 5.74) is 2.74. The minimum absolute atomic E-state index is 0. The summed E-state index contributed by atoms with van der Waals surface area (Å²) in [6, 6.07) is 9.43. The molecule has 2 N–H and O–H groups in total. The molecule has 5 heteroatoms. The van der Waals surface area contributed by atoms with Crippen LogP contribution in [0.2, 0.25) is 0 Å². The number of aromatic nitrogens is 1. The molecule has 0 spiro atoms. The maximum Gasteiger partial charge on any atom is 0.0457 e. The van der Waals surface area contributed by atoms with E-state index in [1.54, 1.807) is 0 Å². The Morgan fingerprint density at radius 2 is 1.86 bits per heavy atom. The van der Waals surface area contributed by atoms with Gasteiger partial charge in [-0.2, -0.15) is 0 Å². The predicted molar refractivity (Wildman–Crippen MR) is 99.4 cm³/mol. The van der Waals surface area contributed by atoms with Gasteiger partial charge in [-0.05, 0) is 23.6 Å². The van der Waals surface area contributed by atoms with Crippen LogP contribution in [-0.4, -0.2) is 36.1 Å². The Balaban J connectivity index is 0.00000121. The summed E-state index contributed by atoms with van der Waals surface area (Å²) in [5, 5.41) is 4.85. The lowest BCUT2D eigenvalue weighted by atomic mass is 9.88. The summed E-state index contributed by atoms with van der Waals surface area (Å²) in [6.07, 6.45) is 3.27. The van der Waals surface area contributed by atoms with Gasteiger partial charge in [-0.25, -0.2) is 0 Å². The molecule has 3 rings (SSSR count). The Hall–Kier alpha value is -0.740. The van der Waals surface area contributed by atoms with Crippen molar-refractivity contribution in [1.29, 1.82) is 0 Å². The molecule has 0 aliphatic carbocycles. The van der Waals surface area contributed by atoms with Gasteiger partial charge in [0.1, 0.15) is 0 Å². The van der Waals surface area contributed by atoms with E-state index in [-0.39, 0.29) is 24.8 Å². The number of fused-ring (bicyclic) bond motifs is 1. The van der Waals surface area contributed by atoms with Crippen molar-refractivity contribution in [2.45, 2.75) is 26.3 Å². The van der Waals surface area contributed by atoms with E-state index in [0.717, 1.165) is 26.2 Å². The average Bonchev–Trinajstić information content (AvgIpc) is 2.98. The zero-order valence-corrected chi connectivity index (χ0v) is 15.0. The third-order valence-corrected chi connectivity index (χ3v) is 4.68. The van der Waals surface area contributed by atoms with E-state index in [9.17, 15) is 0 Å². The number of nitrogens with one attached hydrogen (secondary N) is 2. The molecule has 3 nitrogen and oxygen atoms in total. The molecule has 1 aliphatic rings. The van der Waals surface area contributed by atoms with Gasteiger partial charge in [0.25, 0.3) is 0 Å². The van der Waals surface area contributed by atoms with Crippen LogP contribution < -0.4 is 5.32 Å². The number of halogens is 2. The second kappa shape index (κ2) is 8.78. The first-order valence-corrected chi connectivity index (χ1v) is 7.82. The molecule has 1 fully saturated rings. The van der Waals surface area contributed by atoms with Crippen LogP contribution in [0.1, 0.15) is 31.9 Å². The first kappa shape index (κ1) is 19.3. The van der Waals surface area contributed by atoms with Gasteiger partial charge in [0.05, 0.1) is 0 Å². The highest BCUT2D eigenvalue weighted by atomic mass is 35.5. The molecule has 1 saturated heterocycles.